The predicted octanol–water partition coefficient (Wildman–Crippen LogP) is 4.39. The topological polar surface area (TPSA) is 35.6 Å². The molecule has 0 aliphatic carbocycles. The minimum atomic E-state index is -0.276. The molecule has 0 aromatic heterocycles. The van der Waals surface area contributed by atoms with Gasteiger partial charge in [0.2, 0.25) is 0 Å². The number of rotatable bonds is 6. The highest BCUT2D eigenvalue weighted by Gasteiger charge is 2.17. The number of aryl methyl sites for hydroxylation is 1. The van der Waals surface area contributed by atoms with E-state index in [0.717, 1.165) is 38.3 Å². The lowest BCUT2D eigenvalue weighted by Crippen LogP contribution is -2.45. The fourth-order valence-corrected chi connectivity index (χ4v) is 3.83. The van der Waals surface area contributed by atoms with Crippen LogP contribution in [0.15, 0.2) is 72.8 Å². The molecule has 1 saturated heterocycles. The second kappa shape index (κ2) is 9.75. The molecule has 31 heavy (non-hydrogen) atoms. The summed E-state index contributed by atoms with van der Waals surface area (Å²) in [6, 6.07) is 22.7. The Morgan fingerprint density at radius 2 is 1.45 bits per heavy atom. The molecule has 0 bridgehead atoms. The molecular formula is C26H28FN3O. The Bertz CT molecular complexity index is 992. The number of carbonyl (C=O) groups excluding carboxylic acids is 1. The van der Waals surface area contributed by atoms with Crippen LogP contribution >= 0.6 is 0 Å². The van der Waals surface area contributed by atoms with E-state index in [0.29, 0.717) is 12.1 Å². The summed E-state index contributed by atoms with van der Waals surface area (Å²) in [6.07, 6.45) is 0. The number of anilines is 1. The number of nitrogens with zero attached hydrogens (tertiary/aromatic N) is 2. The SMILES string of the molecule is Cc1ccc(N2CCN(Cc3ccc(C(=O)NCc4ccc(F)cc4)cc3)CC2)cc1. The number of halogens is 1. The van der Waals surface area contributed by atoms with Gasteiger partial charge in [-0.1, -0.05) is 42.0 Å². The molecular weight excluding hydrogens is 389 g/mol. The molecule has 160 valence electrons. The number of nitrogens with one attached hydrogen (secondary N) is 1. The summed E-state index contributed by atoms with van der Waals surface area (Å²) in [5.41, 5.74) is 5.29. The fourth-order valence-electron chi connectivity index (χ4n) is 3.83. The zero-order valence-electron chi connectivity index (χ0n) is 17.9. The van der Waals surface area contributed by atoms with Gasteiger partial charge in [0.1, 0.15) is 5.82 Å². The smallest absolute Gasteiger partial charge is 0.251 e. The lowest BCUT2D eigenvalue weighted by atomic mass is 10.1. The Balaban J connectivity index is 1.25. The highest BCUT2D eigenvalue weighted by Crippen LogP contribution is 2.18. The Labute approximate surface area is 183 Å². The van der Waals surface area contributed by atoms with Crippen LogP contribution < -0.4 is 10.2 Å². The number of amides is 1. The van der Waals surface area contributed by atoms with Crippen LogP contribution in [0.25, 0.3) is 0 Å². The Morgan fingerprint density at radius 1 is 0.839 bits per heavy atom. The molecule has 4 rings (SSSR count). The first-order chi connectivity index (χ1) is 15.1. The van der Waals surface area contributed by atoms with Crippen molar-refractivity contribution in [1.82, 2.24) is 10.2 Å². The third-order valence-electron chi connectivity index (χ3n) is 5.76. The van der Waals surface area contributed by atoms with Crippen molar-refractivity contribution in [1.29, 1.82) is 0 Å². The normalized spacial score (nSPS) is 14.5. The predicted molar refractivity (Wildman–Crippen MR) is 123 cm³/mol. The van der Waals surface area contributed by atoms with Gasteiger partial charge < -0.3 is 10.2 Å². The molecule has 4 nitrogen and oxygen atoms in total. The largest absolute Gasteiger partial charge is 0.369 e. The number of hydrogen-bond donors (Lipinski definition) is 1. The van der Waals surface area contributed by atoms with E-state index in [1.54, 1.807) is 12.1 Å². The van der Waals surface area contributed by atoms with Crippen LogP contribution in [0.5, 0.6) is 0 Å². The minimum absolute atomic E-state index is 0.123. The number of piperazine rings is 1. The highest BCUT2D eigenvalue weighted by atomic mass is 19.1. The van der Waals surface area contributed by atoms with Crippen LogP contribution in [0.3, 0.4) is 0 Å². The van der Waals surface area contributed by atoms with Gasteiger partial charge in [-0.25, -0.2) is 4.39 Å². The summed E-state index contributed by atoms with van der Waals surface area (Å²) < 4.78 is 13.0. The van der Waals surface area contributed by atoms with Gasteiger partial charge in [-0.05, 0) is 54.4 Å². The molecule has 1 fully saturated rings. The molecule has 0 radical (unpaired) electrons. The van der Waals surface area contributed by atoms with Gasteiger partial charge >= 0.3 is 0 Å². The molecule has 0 atom stereocenters. The van der Waals surface area contributed by atoms with Crippen molar-refractivity contribution in [2.75, 3.05) is 31.1 Å². The van der Waals surface area contributed by atoms with Crippen LogP contribution in [0, 0.1) is 12.7 Å². The van der Waals surface area contributed by atoms with Gasteiger partial charge in [-0.3, -0.25) is 9.69 Å². The monoisotopic (exact) mass is 417 g/mol. The van der Waals surface area contributed by atoms with Crippen molar-refractivity contribution >= 4 is 11.6 Å². The van der Waals surface area contributed by atoms with Crippen molar-refractivity contribution in [3.63, 3.8) is 0 Å². The zero-order valence-corrected chi connectivity index (χ0v) is 17.9. The summed E-state index contributed by atoms with van der Waals surface area (Å²) in [4.78, 5) is 17.3. The fraction of sp³-hybridized carbons (Fsp3) is 0.269. The maximum Gasteiger partial charge on any atom is 0.251 e. The van der Waals surface area contributed by atoms with Gasteiger partial charge in [-0.15, -0.1) is 0 Å². The van der Waals surface area contributed by atoms with E-state index in [9.17, 15) is 9.18 Å². The van der Waals surface area contributed by atoms with E-state index in [4.69, 9.17) is 0 Å². The summed E-state index contributed by atoms with van der Waals surface area (Å²) in [6.45, 7) is 7.47. The third-order valence-corrected chi connectivity index (χ3v) is 5.76. The van der Waals surface area contributed by atoms with Crippen LogP contribution in [0.4, 0.5) is 10.1 Å². The van der Waals surface area contributed by atoms with Gasteiger partial charge in [0.15, 0.2) is 0 Å². The maximum atomic E-state index is 13.0. The molecule has 0 saturated carbocycles. The first kappa shape index (κ1) is 21.1. The summed E-state index contributed by atoms with van der Waals surface area (Å²) in [5.74, 6) is -0.398. The van der Waals surface area contributed by atoms with E-state index in [1.165, 1.54) is 28.9 Å². The Hall–Kier alpha value is -3.18. The lowest BCUT2D eigenvalue weighted by molar-refractivity contribution is 0.0951. The molecule has 1 amide bonds. The van der Waals surface area contributed by atoms with Crippen molar-refractivity contribution in [3.05, 3.63) is 101 Å². The van der Waals surface area contributed by atoms with Gasteiger partial charge in [0.05, 0.1) is 0 Å². The zero-order chi connectivity index (χ0) is 21.6. The molecule has 1 aliphatic heterocycles. The van der Waals surface area contributed by atoms with Crippen molar-refractivity contribution in [2.24, 2.45) is 0 Å². The van der Waals surface area contributed by atoms with E-state index < -0.39 is 0 Å². The molecule has 3 aromatic rings. The van der Waals surface area contributed by atoms with E-state index in [1.807, 2.05) is 24.3 Å². The van der Waals surface area contributed by atoms with Crippen LogP contribution in [0.1, 0.15) is 27.0 Å². The number of hydrogen-bond acceptors (Lipinski definition) is 3. The molecule has 1 N–H and O–H groups in total. The van der Waals surface area contributed by atoms with Crippen molar-refractivity contribution in [2.45, 2.75) is 20.0 Å². The average molecular weight is 418 g/mol. The second-order valence-electron chi connectivity index (χ2n) is 8.10. The standard InChI is InChI=1S/C26H28FN3O/c1-20-2-12-25(13-3-20)30-16-14-29(15-17-30)19-22-4-8-23(9-5-22)26(31)28-18-21-6-10-24(27)11-7-21/h2-13H,14-19H2,1H3,(H,28,31). The van der Waals surface area contributed by atoms with E-state index in [-0.39, 0.29) is 11.7 Å². The summed E-state index contributed by atoms with van der Waals surface area (Å²) >= 11 is 0. The molecule has 0 unspecified atom stereocenters. The van der Waals surface area contributed by atoms with Gasteiger partial charge in [0, 0.05) is 50.5 Å². The van der Waals surface area contributed by atoms with Crippen LogP contribution in [-0.4, -0.2) is 37.0 Å². The third kappa shape index (κ3) is 5.70. The Morgan fingerprint density at radius 3 is 2.10 bits per heavy atom. The van der Waals surface area contributed by atoms with Gasteiger partial charge in [0.25, 0.3) is 5.91 Å². The summed E-state index contributed by atoms with van der Waals surface area (Å²) in [7, 11) is 0. The van der Waals surface area contributed by atoms with Gasteiger partial charge in [-0.2, -0.15) is 0 Å². The second-order valence-corrected chi connectivity index (χ2v) is 8.10. The highest BCUT2D eigenvalue weighted by molar-refractivity contribution is 5.94. The minimum Gasteiger partial charge on any atom is -0.369 e. The van der Waals surface area contributed by atoms with E-state index in [2.05, 4.69) is 46.3 Å². The van der Waals surface area contributed by atoms with Crippen molar-refractivity contribution in [3.8, 4) is 0 Å². The van der Waals surface area contributed by atoms with E-state index >= 15 is 0 Å². The molecule has 3 aromatic carbocycles. The maximum absolute atomic E-state index is 13.0. The number of benzene rings is 3. The number of carbonyl (C=O) groups is 1. The Kier molecular flexibility index (Phi) is 6.63. The molecule has 0 spiro atoms. The quantitative estimate of drug-likeness (QED) is 0.646. The molecule has 5 heteroatoms. The summed E-state index contributed by atoms with van der Waals surface area (Å²) in [5, 5.41) is 2.88. The van der Waals surface area contributed by atoms with Crippen molar-refractivity contribution < 1.29 is 9.18 Å². The average Bonchev–Trinajstić information content (AvgIpc) is 2.80. The first-order valence-electron chi connectivity index (χ1n) is 10.7. The van der Waals surface area contributed by atoms with Crippen LogP contribution in [0.2, 0.25) is 0 Å². The first-order valence-corrected chi connectivity index (χ1v) is 10.7. The van der Waals surface area contributed by atoms with Crippen LogP contribution in [-0.2, 0) is 13.1 Å². The molecule has 1 heterocycles. The lowest BCUT2D eigenvalue weighted by Gasteiger charge is -2.36. The molecule has 1 aliphatic rings.